The standard InChI is InChI=1S/C20H28O7/c1-8-17(21)24-26-20(7,27-25-18(22)23-9-2)19(5,6)16-12-10-15(11-13-16)14(3)4/h8,10-14H,1,9H2,2-7H3. The normalized spacial score (nSPS) is 13.6. The van der Waals surface area contributed by atoms with Crippen LogP contribution in [0, 0.1) is 0 Å². The van der Waals surface area contributed by atoms with Gasteiger partial charge in [0.2, 0.25) is 0 Å². The lowest BCUT2D eigenvalue weighted by Gasteiger charge is -2.39. The topological polar surface area (TPSA) is 80.3 Å². The van der Waals surface area contributed by atoms with Gasteiger partial charge in [-0.05, 0) is 30.9 Å². The summed E-state index contributed by atoms with van der Waals surface area (Å²) in [6, 6.07) is 7.81. The smallest absolute Gasteiger partial charge is 0.433 e. The van der Waals surface area contributed by atoms with Crippen molar-refractivity contribution in [3.8, 4) is 0 Å². The average molecular weight is 380 g/mol. The molecule has 0 aliphatic heterocycles. The summed E-state index contributed by atoms with van der Waals surface area (Å²) < 4.78 is 4.68. The predicted octanol–water partition coefficient (Wildman–Crippen LogP) is 4.57. The minimum atomic E-state index is -1.67. The monoisotopic (exact) mass is 380 g/mol. The molecule has 0 radical (unpaired) electrons. The summed E-state index contributed by atoms with van der Waals surface area (Å²) in [5.41, 5.74) is 1.09. The number of benzene rings is 1. The van der Waals surface area contributed by atoms with E-state index in [4.69, 9.17) is 14.7 Å². The van der Waals surface area contributed by atoms with Crippen molar-refractivity contribution in [1.29, 1.82) is 0 Å². The van der Waals surface area contributed by atoms with Gasteiger partial charge in [0.1, 0.15) is 0 Å². The molecule has 0 saturated heterocycles. The fraction of sp³-hybridized carbons (Fsp3) is 0.500. The fourth-order valence-corrected chi connectivity index (χ4v) is 2.18. The van der Waals surface area contributed by atoms with Gasteiger partial charge in [-0.1, -0.05) is 58.5 Å². The molecule has 0 aliphatic carbocycles. The van der Waals surface area contributed by atoms with E-state index in [0.717, 1.165) is 11.6 Å². The molecular formula is C20H28O7. The molecule has 1 rings (SSSR count). The van der Waals surface area contributed by atoms with Crippen molar-refractivity contribution in [2.24, 2.45) is 0 Å². The third-order valence-electron chi connectivity index (χ3n) is 4.41. The number of hydrogen-bond donors (Lipinski definition) is 0. The number of hydrogen-bond acceptors (Lipinski definition) is 7. The van der Waals surface area contributed by atoms with Crippen LogP contribution >= 0.6 is 0 Å². The lowest BCUT2D eigenvalue weighted by atomic mass is 9.77. The summed E-state index contributed by atoms with van der Waals surface area (Å²) >= 11 is 0. The van der Waals surface area contributed by atoms with Gasteiger partial charge in [-0.2, -0.15) is 0 Å². The molecule has 0 spiro atoms. The molecule has 7 heteroatoms. The molecule has 0 saturated carbocycles. The van der Waals surface area contributed by atoms with Gasteiger partial charge in [-0.25, -0.2) is 9.59 Å². The zero-order chi connectivity index (χ0) is 20.7. The SMILES string of the molecule is C=CC(=O)OOC(C)(OOC(=O)OCC)C(C)(C)c1ccc(C(C)C)cc1. The van der Waals surface area contributed by atoms with E-state index in [1.165, 1.54) is 12.5 Å². The number of carbonyl (C=O) groups is 2. The molecule has 150 valence electrons. The van der Waals surface area contributed by atoms with Crippen molar-refractivity contribution in [2.75, 3.05) is 6.61 Å². The van der Waals surface area contributed by atoms with Gasteiger partial charge in [0.25, 0.3) is 5.79 Å². The first-order valence-electron chi connectivity index (χ1n) is 8.72. The van der Waals surface area contributed by atoms with E-state index >= 15 is 0 Å². The first-order chi connectivity index (χ1) is 12.6. The summed E-state index contributed by atoms with van der Waals surface area (Å²) in [6.45, 7) is 14.3. The highest BCUT2D eigenvalue weighted by Crippen LogP contribution is 2.39. The van der Waals surface area contributed by atoms with Crippen LogP contribution in [0.4, 0.5) is 4.79 Å². The van der Waals surface area contributed by atoms with Crippen molar-refractivity contribution in [3.63, 3.8) is 0 Å². The maximum absolute atomic E-state index is 11.5. The molecule has 1 atom stereocenters. The van der Waals surface area contributed by atoms with E-state index in [0.29, 0.717) is 5.92 Å². The molecule has 0 fully saturated rings. The lowest BCUT2D eigenvalue weighted by molar-refractivity contribution is -0.490. The van der Waals surface area contributed by atoms with Crippen LogP contribution in [0.25, 0.3) is 0 Å². The van der Waals surface area contributed by atoms with Crippen LogP contribution in [-0.4, -0.2) is 24.5 Å². The third-order valence-corrected chi connectivity index (χ3v) is 4.41. The Morgan fingerprint density at radius 3 is 2.11 bits per heavy atom. The van der Waals surface area contributed by atoms with Crippen LogP contribution in [-0.2, 0) is 34.5 Å². The molecule has 0 aliphatic rings. The van der Waals surface area contributed by atoms with E-state index in [-0.39, 0.29) is 6.61 Å². The minimum Gasteiger partial charge on any atom is -0.433 e. The first-order valence-corrected chi connectivity index (χ1v) is 8.72. The molecule has 1 aromatic rings. The Morgan fingerprint density at radius 2 is 1.63 bits per heavy atom. The zero-order valence-corrected chi connectivity index (χ0v) is 16.7. The molecule has 0 heterocycles. The van der Waals surface area contributed by atoms with Crippen LogP contribution in [0.3, 0.4) is 0 Å². The second kappa shape index (κ2) is 9.53. The van der Waals surface area contributed by atoms with Crippen LogP contribution in [0.2, 0.25) is 0 Å². The van der Waals surface area contributed by atoms with Gasteiger partial charge in [0.15, 0.2) is 0 Å². The zero-order valence-electron chi connectivity index (χ0n) is 16.7. The van der Waals surface area contributed by atoms with Gasteiger partial charge in [0, 0.05) is 6.08 Å². The van der Waals surface area contributed by atoms with Crippen molar-refractivity contribution < 1.29 is 33.9 Å². The van der Waals surface area contributed by atoms with Crippen LogP contribution in [0.1, 0.15) is 58.6 Å². The summed E-state index contributed by atoms with van der Waals surface area (Å²) in [5.74, 6) is -2.11. The molecule has 0 bridgehead atoms. The molecule has 7 nitrogen and oxygen atoms in total. The molecule has 1 aromatic carbocycles. The van der Waals surface area contributed by atoms with Gasteiger partial charge in [-0.15, -0.1) is 9.78 Å². The Labute approximate surface area is 160 Å². The number of carbonyl (C=O) groups excluding carboxylic acids is 2. The van der Waals surface area contributed by atoms with Crippen LogP contribution < -0.4 is 0 Å². The second-order valence-electron chi connectivity index (χ2n) is 6.89. The maximum atomic E-state index is 11.5. The minimum absolute atomic E-state index is 0.116. The molecule has 27 heavy (non-hydrogen) atoms. The molecule has 0 N–H and O–H groups in total. The van der Waals surface area contributed by atoms with Gasteiger partial charge < -0.3 is 4.74 Å². The van der Waals surface area contributed by atoms with Gasteiger partial charge >= 0.3 is 12.1 Å². The van der Waals surface area contributed by atoms with Gasteiger partial charge in [0.05, 0.1) is 12.0 Å². The Kier molecular flexibility index (Phi) is 7.99. The fourth-order valence-electron chi connectivity index (χ4n) is 2.18. The van der Waals surface area contributed by atoms with E-state index in [2.05, 4.69) is 30.1 Å². The maximum Gasteiger partial charge on any atom is 0.540 e. The Bertz CT molecular complexity index is 649. The Morgan fingerprint density at radius 1 is 1.07 bits per heavy atom. The molecular weight excluding hydrogens is 352 g/mol. The highest BCUT2D eigenvalue weighted by atomic mass is 17.3. The van der Waals surface area contributed by atoms with Crippen LogP contribution in [0.5, 0.6) is 0 Å². The predicted molar refractivity (Wildman–Crippen MR) is 98.5 cm³/mol. The number of rotatable bonds is 9. The molecule has 0 amide bonds. The highest BCUT2D eigenvalue weighted by molar-refractivity contribution is 5.80. The first kappa shape index (κ1) is 22.7. The van der Waals surface area contributed by atoms with Crippen molar-refractivity contribution in [3.05, 3.63) is 48.0 Å². The average Bonchev–Trinajstić information content (AvgIpc) is 2.64. The van der Waals surface area contributed by atoms with Crippen molar-refractivity contribution >= 4 is 12.1 Å². The van der Waals surface area contributed by atoms with E-state index in [9.17, 15) is 9.59 Å². The Hall–Kier alpha value is -2.38. The van der Waals surface area contributed by atoms with E-state index in [1.807, 2.05) is 24.3 Å². The van der Waals surface area contributed by atoms with Crippen molar-refractivity contribution in [2.45, 2.75) is 58.7 Å². The summed E-state index contributed by atoms with van der Waals surface area (Å²) in [7, 11) is 0. The van der Waals surface area contributed by atoms with E-state index < -0.39 is 23.3 Å². The lowest BCUT2D eigenvalue weighted by Crippen LogP contribution is -2.50. The quantitative estimate of drug-likeness (QED) is 0.204. The summed E-state index contributed by atoms with van der Waals surface area (Å²) in [4.78, 5) is 42.8. The van der Waals surface area contributed by atoms with Crippen LogP contribution in [0.15, 0.2) is 36.9 Å². The van der Waals surface area contributed by atoms with E-state index in [1.54, 1.807) is 20.8 Å². The third kappa shape index (κ3) is 5.80. The highest BCUT2D eigenvalue weighted by Gasteiger charge is 2.50. The van der Waals surface area contributed by atoms with Gasteiger partial charge in [-0.3, -0.25) is 9.78 Å². The second-order valence-corrected chi connectivity index (χ2v) is 6.89. The Balaban J connectivity index is 3.14. The molecule has 1 unspecified atom stereocenters. The largest absolute Gasteiger partial charge is 0.540 e. The number of ether oxygens (including phenoxy) is 1. The molecule has 0 aromatic heterocycles. The van der Waals surface area contributed by atoms with Crippen molar-refractivity contribution in [1.82, 2.24) is 0 Å². The summed E-state index contributed by atoms with van der Waals surface area (Å²) in [5, 5.41) is 0. The summed E-state index contributed by atoms with van der Waals surface area (Å²) in [6.07, 6.45) is -0.0924.